The Morgan fingerprint density at radius 3 is 2.71 bits per heavy atom. The summed E-state index contributed by atoms with van der Waals surface area (Å²) >= 11 is 0. The molecule has 1 N–H and O–H groups in total. The molecule has 5 heteroatoms. The van der Waals surface area contributed by atoms with Crippen LogP contribution in [0.4, 0.5) is 0 Å². The Labute approximate surface area is 101 Å². The number of likely N-dealkylation sites (N-methyl/N-ethyl adjacent to an activating group) is 1. The van der Waals surface area contributed by atoms with Gasteiger partial charge in [0.2, 0.25) is 11.8 Å². The number of carbonyl (C=O) groups is 2. The van der Waals surface area contributed by atoms with Gasteiger partial charge in [0.15, 0.2) is 0 Å². The minimum absolute atomic E-state index is 0.0835. The lowest BCUT2D eigenvalue weighted by atomic mass is 9.97. The lowest BCUT2D eigenvalue weighted by Crippen LogP contribution is -2.49. The molecule has 0 spiro atoms. The molecule has 2 unspecified atom stereocenters. The number of aliphatic hydroxyl groups excluding tert-OH is 1. The van der Waals surface area contributed by atoms with E-state index in [1.54, 1.807) is 7.05 Å². The monoisotopic (exact) mass is 240 g/mol. The Morgan fingerprint density at radius 1 is 1.35 bits per heavy atom. The molecule has 96 valence electrons. The fraction of sp³-hybridized carbons (Fsp3) is 0.833. The van der Waals surface area contributed by atoms with E-state index in [-0.39, 0.29) is 30.5 Å². The quantitative estimate of drug-likeness (QED) is 0.704. The molecule has 2 fully saturated rings. The standard InChI is InChI=1S/C12H20N2O3/c1-13-11(16)8-10(12(13)17)14-6-3-2-4-9(14)5-7-15/h9-10,15H,2-8H2,1H3. The van der Waals surface area contributed by atoms with E-state index in [0.717, 1.165) is 25.8 Å². The zero-order chi connectivity index (χ0) is 12.4. The van der Waals surface area contributed by atoms with Gasteiger partial charge in [-0.05, 0) is 25.8 Å². The second kappa shape index (κ2) is 5.14. The summed E-state index contributed by atoms with van der Waals surface area (Å²) in [6.07, 6.45) is 4.23. The zero-order valence-corrected chi connectivity index (χ0v) is 10.3. The summed E-state index contributed by atoms with van der Waals surface area (Å²) in [5.74, 6) is -0.173. The molecule has 2 aliphatic rings. The smallest absolute Gasteiger partial charge is 0.246 e. The summed E-state index contributed by atoms with van der Waals surface area (Å²) in [6.45, 7) is 1.01. The van der Waals surface area contributed by atoms with Crippen molar-refractivity contribution >= 4 is 11.8 Å². The number of piperidine rings is 1. The fourth-order valence-electron chi connectivity index (χ4n) is 2.89. The molecule has 2 saturated heterocycles. The van der Waals surface area contributed by atoms with Gasteiger partial charge in [-0.25, -0.2) is 0 Å². The van der Waals surface area contributed by atoms with Gasteiger partial charge >= 0.3 is 0 Å². The highest BCUT2D eigenvalue weighted by Crippen LogP contribution is 2.27. The van der Waals surface area contributed by atoms with Gasteiger partial charge in [-0.3, -0.25) is 19.4 Å². The highest BCUT2D eigenvalue weighted by Gasteiger charge is 2.42. The lowest BCUT2D eigenvalue weighted by molar-refractivity contribution is -0.138. The third-order valence-electron chi connectivity index (χ3n) is 3.89. The maximum Gasteiger partial charge on any atom is 0.246 e. The van der Waals surface area contributed by atoms with Crippen LogP contribution in [0.15, 0.2) is 0 Å². The number of nitrogens with zero attached hydrogens (tertiary/aromatic N) is 2. The zero-order valence-electron chi connectivity index (χ0n) is 10.3. The summed E-state index contributed by atoms with van der Waals surface area (Å²) in [5, 5.41) is 9.06. The van der Waals surface area contributed by atoms with Gasteiger partial charge in [-0.2, -0.15) is 0 Å². The predicted molar refractivity (Wildman–Crippen MR) is 62.2 cm³/mol. The van der Waals surface area contributed by atoms with Crippen molar-refractivity contribution in [3.63, 3.8) is 0 Å². The Kier molecular flexibility index (Phi) is 3.79. The van der Waals surface area contributed by atoms with Crippen molar-refractivity contribution in [3.05, 3.63) is 0 Å². The molecular formula is C12H20N2O3. The Balaban J connectivity index is 2.09. The molecule has 2 atom stereocenters. The topological polar surface area (TPSA) is 60.9 Å². The Morgan fingerprint density at radius 2 is 2.12 bits per heavy atom. The van der Waals surface area contributed by atoms with E-state index in [4.69, 9.17) is 5.11 Å². The number of carbonyl (C=O) groups excluding carboxylic acids is 2. The number of rotatable bonds is 3. The molecule has 0 aliphatic carbocycles. The number of hydrogen-bond acceptors (Lipinski definition) is 4. The van der Waals surface area contributed by atoms with Crippen LogP contribution in [-0.4, -0.2) is 59.0 Å². The van der Waals surface area contributed by atoms with Crippen molar-refractivity contribution in [3.8, 4) is 0 Å². The Bertz CT molecular complexity index is 317. The largest absolute Gasteiger partial charge is 0.396 e. The van der Waals surface area contributed by atoms with E-state index in [0.29, 0.717) is 12.8 Å². The van der Waals surface area contributed by atoms with Crippen LogP contribution in [0.3, 0.4) is 0 Å². The molecule has 0 aromatic carbocycles. The highest BCUT2D eigenvalue weighted by atomic mass is 16.3. The molecule has 17 heavy (non-hydrogen) atoms. The van der Waals surface area contributed by atoms with Gasteiger partial charge in [0.25, 0.3) is 0 Å². The summed E-state index contributed by atoms with van der Waals surface area (Å²) in [6, 6.07) is -0.0358. The summed E-state index contributed by atoms with van der Waals surface area (Å²) < 4.78 is 0. The minimum Gasteiger partial charge on any atom is -0.396 e. The van der Waals surface area contributed by atoms with Gasteiger partial charge in [0.05, 0.1) is 12.5 Å². The average Bonchev–Trinajstić information content (AvgIpc) is 2.58. The van der Waals surface area contributed by atoms with E-state index >= 15 is 0 Å². The molecule has 0 aromatic rings. The second-order valence-electron chi connectivity index (χ2n) is 4.91. The lowest BCUT2D eigenvalue weighted by Gasteiger charge is -2.38. The summed E-state index contributed by atoms with van der Waals surface area (Å²) in [7, 11) is 1.55. The van der Waals surface area contributed by atoms with Gasteiger partial charge in [0, 0.05) is 19.7 Å². The summed E-state index contributed by atoms with van der Waals surface area (Å²) in [4.78, 5) is 26.9. The van der Waals surface area contributed by atoms with Crippen molar-refractivity contribution in [1.29, 1.82) is 0 Å². The SMILES string of the molecule is CN1C(=O)CC(N2CCCCC2CCO)C1=O. The van der Waals surface area contributed by atoms with Crippen molar-refractivity contribution in [2.45, 2.75) is 44.2 Å². The molecule has 2 rings (SSSR count). The minimum atomic E-state index is -0.288. The molecule has 0 saturated carbocycles. The van der Waals surface area contributed by atoms with Crippen LogP contribution in [-0.2, 0) is 9.59 Å². The highest BCUT2D eigenvalue weighted by molar-refractivity contribution is 6.05. The first-order chi connectivity index (χ1) is 8.15. The molecule has 0 radical (unpaired) electrons. The molecule has 0 aromatic heterocycles. The van der Waals surface area contributed by atoms with Crippen molar-refractivity contribution < 1.29 is 14.7 Å². The molecule has 5 nitrogen and oxygen atoms in total. The number of likely N-dealkylation sites (tertiary alicyclic amines) is 2. The van der Waals surface area contributed by atoms with Gasteiger partial charge < -0.3 is 5.11 Å². The first kappa shape index (κ1) is 12.5. The van der Waals surface area contributed by atoms with E-state index in [2.05, 4.69) is 4.90 Å². The van der Waals surface area contributed by atoms with E-state index in [1.165, 1.54) is 4.90 Å². The molecule has 2 amide bonds. The molecule has 0 bridgehead atoms. The van der Waals surface area contributed by atoms with Gasteiger partial charge in [0.1, 0.15) is 0 Å². The Hall–Kier alpha value is -0.940. The van der Waals surface area contributed by atoms with Crippen molar-refractivity contribution in [1.82, 2.24) is 9.80 Å². The van der Waals surface area contributed by atoms with Crippen LogP contribution in [0.1, 0.15) is 32.1 Å². The fourth-order valence-corrected chi connectivity index (χ4v) is 2.89. The van der Waals surface area contributed by atoms with E-state index < -0.39 is 0 Å². The number of aliphatic hydroxyl groups is 1. The van der Waals surface area contributed by atoms with Crippen LogP contribution in [0.5, 0.6) is 0 Å². The molecular weight excluding hydrogens is 220 g/mol. The number of imide groups is 1. The van der Waals surface area contributed by atoms with Gasteiger partial charge in [-0.1, -0.05) is 6.42 Å². The van der Waals surface area contributed by atoms with Crippen molar-refractivity contribution in [2.75, 3.05) is 20.2 Å². The van der Waals surface area contributed by atoms with Gasteiger partial charge in [-0.15, -0.1) is 0 Å². The van der Waals surface area contributed by atoms with E-state index in [1.807, 2.05) is 0 Å². The molecule has 2 aliphatic heterocycles. The number of amides is 2. The normalized spacial score (nSPS) is 31.3. The average molecular weight is 240 g/mol. The first-order valence-corrected chi connectivity index (χ1v) is 6.32. The maximum atomic E-state index is 12.0. The third kappa shape index (κ3) is 2.35. The summed E-state index contributed by atoms with van der Waals surface area (Å²) in [5.41, 5.74) is 0. The van der Waals surface area contributed by atoms with Crippen LogP contribution in [0.2, 0.25) is 0 Å². The van der Waals surface area contributed by atoms with Crippen LogP contribution in [0.25, 0.3) is 0 Å². The maximum absolute atomic E-state index is 12.0. The van der Waals surface area contributed by atoms with Crippen molar-refractivity contribution in [2.24, 2.45) is 0 Å². The van der Waals surface area contributed by atoms with Crippen LogP contribution in [0, 0.1) is 0 Å². The second-order valence-corrected chi connectivity index (χ2v) is 4.91. The van der Waals surface area contributed by atoms with E-state index in [9.17, 15) is 9.59 Å². The third-order valence-corrected chi connectivity index (χ3v) is 3.89. The first-order valence-electron chi connectivity index (χ1n) is 6.32. The molecule has 2 heterocycles. The van der Waals surface area contributed by atoms with Crippen LogP contribution < -0.4 is 0 Å². The van der Waals surface area contributed by atoms with Crippen LogP contribution >= 0.6 is 0 Å². The number of hydrogen-bond donors (Lipinski definition) is 1. The predicted octanol–water partition coefficient (Wildman–Crippen LogP) is -0.0194.